The van der Waals surface area contributed by atoms with Gasteiger partial charge in [-0.15, -0.1) is 0 Å². The number of carbonyl (C=O) groups excluding carboxylic acids is 2. The first-order valence-electron chi connectivity index (χ1n) is 8.89. The number of carbonyl (C=O) groups is 2. The van der Waals surface area contributed by atoms with Crippen LogP contribution in [0.25, 0.3) is 11.3 Å². The number of H-pyrrole nitrogens is 1. The molecule has 2 aliphatic heterocycles. The molecule has 130 valence electrons. The molecule has 6 nitrogen and oxygen atoms in total. The Labute approximate surface area is 146 Å². The molecule has 1 aromatic heterocycles. The van der Waals surface area contributed by atoms with Gasteiger partial charge in [0.2, 0.25) is 5.91 Å². The molecule has 0 radical (unpaired) electrons. The number of aryl methyl sites for hydroxylation is 1. The predicted molar refractivity (Wildman–Crippen MR) is 94.0 cm³/mol. The molecule has 0 aliphatic carbocycles. The van der Waals surface area contributed by atoms with E-state index in [4.69, 9.17) is 0 Å². The third-order valence-electron chi connectivity index (χ3n) is 5.28. The van der Waals surface area contributed by atoms with Crippen LogP contribution < -0.4 is 5.32 Å². The zero-order valence-corrected chi connectivity index (χ0v) is 14.3. The highest BCUT2D eigenvalue weighted by Crippen LogP contribution is 2.30. The van der Waals surface area contributed by atoms with Gasteiger partial charge in [0.1, 0.15) is 5.69 Å². The Morgan fingerprint density at radius 1 is 1.24 bits per heavy atom. The lowest BCUT2D eigenvalue weighted by Gasteiger charge is -2.26. The van der Waals surface area contributed by atoms with Crippen molar-refractivity contribution in [3.8, 4) is 11.3 Å². The number of amides is 2. The summed E-state index contributed by atoms with van der Waals surface area (Å²) in [5, 5.41) is 10.1. The van der Waals surface area contributed by atoms with E-state index in [9.17, 15) is 9.59 Å². The van der Waals surface area contributed by atoms with E-state index in [-0.39, 0.29) is 23.9 Å². The zero-order valence-electron chi connectivity index (χ0n) is 14.3. The quantitative estimate of drug-likeness (QED) is 0.900. The van der Waals surface area contributed by atoms with Gasteiger partial charge in [-0.25, -0.2) is 0 Å². The first kappa shape index (κ1) is 15.9. The Balaban J connectivity index is 1.57. The van der Waals surface area contributed by atoms with Gasteiger partial charge in [-0.2, -0.15) is 5.10 Å². The van der Waals surface area contributed by atoms with Gasteiger partial charge in [-0.05, 0) is 30.9 Å². The molecule has 2 aliphatic rings. The average molecular weight is 338 g/mol. The molecule has 25 heavy (non-hydrogen) atoms. The van der Waals surface area contributed by atoms with E-state index >= 15 is 0 Å². The molecule has 2 atom stereocenters. The van der Waals surface area contributed by atoms with Crippen molar-refractivity contribution in [2.24, 2.45) is 0 Å². The van der Waals surface area contributed by atoms with Crippen molar-refractivity contribution < 1.29 is 9.59 Å². The predicted octanol–water partition coefficient (Wildman–Crippen LogP) is 2.13. The van der Waals surface area contributed by atoms with Crippen molar-refractivity contribution in [3.63, 3.8) is 0 Å². The lowest BCUT2D eigenvalue weighted by atomic mass is 10.1. The van der Waals surface area contributed by atoms with Crippen LogP contribution in [0.1, 0.15) is 42.2 Å². The molecule has 4 rings (SSSR count). The number of nitrogens with one attached hydrogen (secondary N) is 2. The van der Waals surface area contributed by atoms with Gasteiger partial charge in [0.25, 0.3) is 5.91 Å². The van der Waals surface area contributed by atoms with E-state index < -0.39 is 0 Å². The number of hydrogen-bond donors (Lipinski definition) is 2. The number of fused-ring (bicyclic) bond motifs is 2. The first-order chi connectivity index (χ1) is 12.2. The fraction of sp³-hybridized carbons (Fsp3) is 0.421. The standard InChI is InChI=1S/C19H22N4O2/c1-2-12-3-5-13(6-4-12)16-10-17(22-21-16)19(25)23-14-7-8-15(23)11-20-18(24)9-14/h3-6,10,14-15H,2,7-9,11H2,1H3,(H,20,24)(H,21,22)/t14-,15+/m1/s1. The van der Waals surface area contributed by atoms with Gasteiger partial charge in [-0.3, -0.25) is 14.7 Å². The zero-order chi connectivity index (χ0) is 17.4. The van der Waals surface area contributed by atoms with Gasteiger partial charge in [0, 0.05) is 30.6 Å². The second-order valence-corrected chi connectivity index (χ2v) is 6.82. The maximum absolute atomic E-state index is 13.0. The van der Waals surface area contributed by atoms with Crippen molar-refractivity contribution >= 4 is 11.8 Å². The average Bonchev–Trinajstić information content (AvgIpc) is 3.22. The molecule has 2 fully saturated rings. The van der Waals surface area contributed by atoms with Gasteiger partial charge in [0.15, 0.2) is 0 Å². The summed E-state index contributed by atoms with van der Waals surface area (Å²) in [5.41, 5.74) is 3.51. The Morgan fingerprint density at radius 2 is 2.00 bits per heavy atom. The van der Waals surface area contributed by atoms with E-state index in [0.717, 1.165) is 30.5 Å². The molecule has 2 bridgehead atoms. The van der Waals surface area contributed by atoms with Crippen LogP contribution in [-0.2, 0) is 11.2 Å². The second-order valence-electron chi connectivity index (χ2n) is 6.82. The minimum Gasteiger partial charge on any atom is -0.354 e. The summed E-state index contributed by atoms with van der Waals surface area (Å²) in [6.07, 6.45) is 3.22. The second kappa shape index (κ2) is 6.35. The summed E-state index contributed by atoms with van der Waals surface area (Å²) >= 11 is 0. The smallest absolute Gasteiger partial charge is 0.272 e. The summed E-state index contributed by atoms with van der Waals surface area (Å²) in [7, 11) is 0. The van der Waals surface area contributed by atoms with Crippen LogP contribution in [-0.4, -0.2) is 45.5 Å². The van der Waals surface area contributed by atoms with E-state index in [1.807, 2.05) is 23.1 Å². The topological polar surface area (TPSA) is 78.1 Å². The third kappa shape index (κ3) is 2.92. The monoisotopic (exact) mass is 338 g/mol. The maximum Gasteiger partial charge on any atom is 0.272 e. The summed E-state index contributed by atoms with van der Waals surface area (Å²) in [6, 6.07) is 10.1. The van der Waals surface area contributed by atoms with Crippen LogP contribution in [0.5, 0.6) is 0 Å². The third-order valence-corrected chi connectivity index (χ3v) is 5.28. The van der Waals surface area contributed by atoms with E-state index in [2.05, 4.69) is 34.6 Å². The lowest BCUT2D eigenvalue weighted by Crippen LogP contribution is -2.42. The van der Waals surface area contributed by atoms with Crippen LogP contribution in [0.2, 0.25) is 0 Å². The van der Waals surface area contributed by atoms with Crippen molar-refractivity contribution in [3.05, 3.63) is 41.6 Å². The molecule has 0 saturated carbocycles. The molecule has 2 N–H and O–H groups in total. The Bertz CT molecular complexity index is 796. The van der Waals surface area contributed by atoms with Gasteiger partial charge in [-0.1, -0.05) is 31.2 Å². The van der Waals surface area contributed by atoms with Crippen LogP contribution in [0.3, 0.4) is 0 Å². The van der Waals surface area contributed by atoms with Crippen LogP contribution in [0.15, 0.2) is 30.3 Å². The number of rotatable bonds is 3. The molecular formula is C19H22N4O2. The number of aromatic amines is 1. The fourth-order valence-electron chi connectivity index (χ4n) is 3.84. The summed E-state index contributed by atoms with van der Waals surface area (Å²) in [6.45, 7) is 2.66. The van der Waals surface area contributed by atoms with E-state index in [1.54, 1.807) is 0 Å². The maximum atomic E-state index is 13.0. The largest absolute Gasteiger partial charge is 0.354 e. The lowest BCUT2D eigenvalue weighted by molar-refractivity contribution is -0.121. The summed E-state index contributed by atoms with van der Waals surface area (Å²) < 4.78 is 0. The van der Waals surface area contributed by atoms with E-state index in [1.165, 1.54) is 5.56 Å². The van der Waals surface area contributed by atoms with Gasteiger partial charge in [0.05, 0.1) is 5.69 Å². The minimum atomic E-state index is -0.0621. The molecule has 2 amide bonds. The molecule has 6 heteroatoms. The number of aromatic nitrogens is 2. The summed E-state index contributed by atoms with van der Waals surface area (Å²) in [5.74, 6) is -0.0285. The Kier molecular flexibility index (Phi) is 4.03. The van der Waals surface area contributed by atoms with Gasteiger partial charge >= 0.3 is 0 Å². The first-order valence-corrected chi connectivity index (χ1v) is 8.89. The van der Waals surface area contributed by atoms with Crippen LogP contribution in [0.4, 0.5) is 0 Å². The molecular weight excluding hydrogens is 316 g/mol. The number of benzene rings is 1. The SMILES string of the molecule is CCc1ccc(-c2cc(C(=O)N3[C@@H]4CC[C@H]3CNC(=O)C4)[nH]n2)cc1. The molecule has 2 aromatic rings. The molecule has 0 spiro atoms. The van der Waals surface area contributed by atoms with Crippen molar-refractivity contribution in [1.82, 2.24) is 20.4 Å². The van der Waals surface area contributed by atoms with Crippen molar-refractivity contribution in [1.29, 1.82) is 0 Å². The van der Waals surface area contributed by atoms with Crippen molar-refractivity contribution in [2.45, 2.75) is 44.7 Å². The fourth-order valence-corrected chi connectivity index (χ4v) is 3.84. The van der Waals surface area contributed by atoms with Gasteiger partial charge < -0.3 is 10.2 Å². The molecule has 0 unspecified atom stereocenters. The Morgan fingerprint density at radius 3 is 2.76 bits per heavy atom. The van der Waals surface area contributed by atoms with Crippen molar-refractivity contribution in [2.75, 3.05) is 6.54 Å². The molecule has 1 aromatic carbocycles. The van der Waals surface area contributed by atoms with Crippen LogP contribution in [0, 0.1) is 0 Å². The minimum absolute atomic E-state index is 0.00409. The number of hydrogen-bond acceptors (Lipinski definition) is 3. The summed E-state index contributed by atoms with van der Waals surface area (Å²) in [4.78, 5) is 26.6. The van der Waals surface area contributed by atoms with E-state index in [0.29, 0.717) is 18.7 Å². The van der Waals surface area contributed by atoms with Crippen LogP contribution >= 0.6 is 0 Å². The highest BCUT2D eigenvalue weighted by molar-refractivity contribution is 5.94. The molecule has 2 saturated heterocycles. The highest BCUT2D eigenvalue weighted by Gasteiger charge is 2.41. The normalized spacial score (nSPS) is 22.6. The number of nitrogens with zero attached hydrogens (tertiary/aromatic N) is 2. The Hall–Kier alpha value is -2.63. The molecule has 3 heterocycles. The highest BCUT2D eigenvalue weighted by atomic mass is 16.2.